The van der Waals surface area contributed by atoms with Gasteiger partial charge < -0.3 is 14.9 Å². The Bertz CT molecular complexity index is 214. The summed E-state index contributed by atoms with van der Waals surface area (Å²) in [4.78, 5) is 21.1. The largest absolute Gasteiger partial charge is 0.481 e. The molecule has 0 saturated carbocycles. The topological polar surface area (TPSA) is 83.8 Å². The van der Waals surface area contributed by atoms with Gasteiger partial charge >= 0.3 is 11.9 Å². The van der Waals surface area contributed by atoms with Crippen molar-refractivity contribution in [1.29, 1.82) is 0 Å². The van der Waals surface area contributed by atoms with E-state index in [1.165, 1.54) is 7.11 Å². The number of hydrogen-bond donors (Lipinski definition) is 2. The Morgan fingerprint density at radius 1 is 1.27 bits per heavy atom. The molecule has 15 heavy (non-hydrogen) atoms. The first kappa shape index (κ1) is 13.9. The predicted molar refractivity (Wildman–Crippen MR) is 53.7 cm³/mol. The highest BCUT2D eigenvalue weighted by Gasteiger charge is 2.23. The molecule has 0 aliphatic rings. The Balaban J connectivity index is 3.87. The molecule has 0 aromatic rings. The van der Waals surface area contributed by atoms with Gasteiger partial charge in [-0.15, -0.1) is 0 Å². The van der Waals surface area contributed by atoms with Gasteiger partial charge in [-0.1, -0.05) is 6.42 Å². The second-order valence-corrected chi connectivity index (χ2v) is 3.53. The maximum absolute atomic E-state index is 10.8. The van der Waals surface area contributed by atoms with Crippen molar-refractivity contribution >= 4 is 11.9 Å². The van der Waals surface area contributed by atoms with E-state index in [1.54, 1.807) is 6.92 Å². The molecule has 0 aromatic heterocycles. The van der Waals surface area contributed by atoms with Crippen molar-refractivity contribution in [1.82, 2.24) is 0 Å². The number of carbonyl (C=O) groups is 2. The molecular formula is C10H18O5. The van der Waals surface area contributed by atoms with Crippen molar-refractivity contribution in [2.75, 3.05) is 7.11 Å². The highest BCUT2D eigenvalue weighted by Crippen LogP contribution is 2.16. The molecule has 5 heteroatoms. The highest BCUT2D eigenvalue weighted by molar-refractivity contribution is 5.70. The fourth-order valence-electron chi connectivity index (χ4n) is 1.36. The molecule has 5 nitrogen and oxygen atoms in total. The van der Waals surface area contributed by atoms with Crippen LogP contribution in [0.1, 0.15) is 32.6 Å². The van der Waals surface area contributed by atoms with Crippen molar-refractivity contribution in [3.05, 3.63) is 0 Å². The summed E-state index contributed by atoms with van der Waals surface area (Å²) >= 11 is 0. The average molecular weight is 218 g/mol. The first-order chi connectivity index (χ1) is 6.99. The summed E-state index contributed by atoms with van der Waals surface area (Å²) in [5, 5.41) is 17.3. The SMILES string of the molecule is COC(C)C(CCCCC(=O)O)C(=O)O. The molecule has 0 spiro atoms. The Labute approximate surface area is 89.0 Å². The second kappa shape index (κ2) is 7.23. The lowest BCUT2D eigenvalue weighted by Gasteiger charge is -2.18. The van der Waals surface area contributed by atoms with Gasteiger partial charge in [0, 0.05) is 13.5 Å². The predicted octanol–water partition coefficient (Wildman–Crippen LogP) is 1.37. The lowest BCUT2D eigenvalue weighted by Crippen LogP contribution is -2.27. The van der Waals surface area contributed by atoms with E-state index in [9.17, 15) is 9.59 Å². The standard InChI is InChI=1S/C10H18O5/c1-7(15-2)8(10(13)14)5-3-4-6-9(11)12/h7-8H,3-6H2,1-2H3,(H,11,12)(H,13,14). The number of ether oxygens (including phenoxy) is 1. The van der Waals surface area contributed by atoms with Crippen LogP contribution >= 0.6 is 0 Å². The van der Waals surface area contributed by atoms with Crippen molar-refractivity contribution in [3.63, 3.8) is 0 Å². The molecule has 0 aromatic carbocycles. The Kier molecular flexibility index (Phi) is 6.70. The van der Waals surface area contributed by atoms with Crippen LogP contribution in [0.3, 0.4) is 0 Å². The van der Waals surface area contributed by atoms with E-state index in [1.807, 2.05) is 0 Å². The molecule has 0 bridgehead atoms. The van der Waals surface area contributed by atoms with Crippen molar-refractivity contribution < 1.29 is 24.5 Å². The summed E-state index contributed by atoms with van der Waals surface area (Å²) in [5.74, 6) is -2.29. The van der Waals surface area contributed by atoms with Crippen LogP contribution in [-0.4, -0.2) is 35.4 Å². The molecule has 2 N–H and O–H groups in total. The van der Waals surface area contributed by atoms with Crippen molar-refractivity contribution in [2.24, 2.45) is 5.92 Å². The van der Waals surface area contributed by atoms with Gasteiger partial charge in [-0.3, -0.25) is 9.59 Å². The molecule has 0 aliphatic carbocycles. The molecular weight excluding hydrogens is 200 g/mol. The van der Waals surface area contributed by atoms with Gasteiger partial charge in [-0.05, 0) is 19.8 Å². The number of hydrogen-bond acceptors (Lipinski definition) is 3. The Hall–Kier alpha value is -1.10. The fourth-order valence-corrected chi connectivity index (χ4v) is 1.36. The minimum Gasteiger partial charge on any atom is -0.481 e. The summed E-state index contributed by atoms with van der Waals surface area (Å²) < 4.78 is 4.95. The zero-order valence-corrected chi connectivity index (χ0v) is 9.10. The molecule has 0 heterocycles. The monoisotopic (exact) mass is 218 g/mol. The second-order valence-electron chi connectivity index (χ2n) is 3.53. The van der Waals surface area contributed by atoms with Gasteiger partial charge in [0.25, 0.3) is 0 Å². The molecule has 0 fully saturated rings. The number of carboxylic acid groups (broad SMARTS) is 2. The number of aliphatic carboxylic acids is 2. The fraction of sp³-hybridized carbons (Fsp3) is 0.800. The molecule has 0 radical (unpaired) electrons. The van der Waals surface area contributed by atoms with Crippen LogP contribution in [-0.2, 0) is 14.3 Å². The maximum Gasteiger partial charge on any atom is 0.309 e. The lowest BCUT2D eigenvalue weighted by atomic mass is 9.96. The van der Waals surface area contributed by atoms with Gasteiger partial charge in [0.05, 0.1) is 12.0 Å². The van der Waals surface area contributed by atoms with Crippen molar-refractivity contribution in [2.45, 2.75) is 38.7 Å². The highest BCUT2D eigenvalue weighted by atomic mass is 16.5. The van der Waals surface area contributed by atoms with E-state index in [2.05, 4.69) is 0 Å². The van der Waals surface area contributed by atoms with E-state index in [0.717, 1.165) is 0 Å². The number of methoxy groups -OCH3 is 1. The molecule has 2 unspecified atom stereocenters. The summed E-state index contributed by atoms with van der Waals surface area (Å²) in [6.45, 7) is 1.70. The zero-order chi connectivity index (χ0) is 11.8. The minimum atomic E-state index is -0.889. The van der Waals surface area contributed by atoms with E-state index in [4.69, 9.17) is 14.9 Å². The van der Waals surface area contributed by atoms with Crippen LogP contribution in [0.25, 0.3) is 0 Å². The summed E-state index contributed by atoms with van der Waals surface area (Å²) in [6, 6.07) is 0. The summed E-state index contributed by atoms with van der Waals surface area (Å²) in [5.41, 5.74) is 0. The van der Waals surface area contributed by atoms with Crippen LogP contribution in [0.5, 0.6) is 0 Å². The maximum atomic E-state index is 10.8. The van der Waals surface area contributed by atoms with Gasteiger partial charge in [0.1, 0.15) is 0 Å². The van der Waals surface area contributed by atoms with Crippen LogP contribution in [0, 0.1) is 5.92 Å². The van der Waals surface area contributed by atoms with Gasteiger partial charge in [0.2, 0.25) is 0 Å². The molecule has 0 rings (SSSR count). The van der Waals surface area contributed by atoms with Crippen LogP contribution in [0.2, 0.25) is 0 Å². The molecule has 0 aliphatic heterocycles. The third kappa shape index (κ3) is 6.06. The number of unbranched alkanes of at least 4 members (excludes halogenated alkanes) is 1. The first-order valence-corrected chi connectivity index (χ1v) is 4.96. The Morgan fingerprint density at radius 2 is 1.87 bits per heavy atom. The van der Waals surface area contributed by atoms with Gasteiger partial charge in [-0.2, -0.15) is 0 Å². The lowest BCUT2D eigenvalue weighted by molar-refractivity contribution is -0.146. The van der Waals surface area contributed by atoms with Crippen molar-refractivity contribution in [3.8, 4) is 0 Å². The van der Waals surface area contributed by atoms with Crippen LogP contribution in [0.15, 0.2) is 0 Å². The molecule has 2 atom stereocenters. The molecule has 0 saturated heterocycles. The third-order valence-corrected chi connectivity index (χ3v) is 2.41. The van der Waals surface area contributed by atoms with E-state index < -0.39 is 17.9 Å². The molecule has 0 amide bonds. The average Bonchev–Trinajstić information content (AvgIpc) is 2.15. The third-order valence-electron chi connectivity index (χ3n) is 2.41. The number of carboxylic acids is 2. The van der Waals surface area contributed by atoms with Crippen LogP contribution < -0.4 is 0 Å². The van der Waals surface area contributed by atoms with E-state index in [-0.39, 0.29) is 12.5 Å². The van der Waals surface area contributed by atoms with E-state index in [0.29, 0.717) is 19.3 Å². The van der Waals surface area contributed by atoms with Gasteiger partial charge in [0.15, 0.2) is 0 Å². The summed E-state index contributed by atoms with van der Waals surface area (Å²) in [7, 11) is 1.47. The summed E-state index contributed by atoms with van der Waals surface area (Å²) in [6.07, 6.45) is 1.31. The first-order valence-electron chi connectivity index (χ1n) is 4.96. The quantitative estimate of drug-likeness (QED) is 0.601. The minimum absolute atomic E-state index is 0.0910. The zero-order valence-electron chi connectivity index (χ0n) is 9.10. The molecule has 88 valence electrons. The Morgan fingerprint density at radius 3 is 2.27 bits per heavy atom. The normalized spacial score (nSPS) is 14.5. The van der Waals surface area contributed by atoms with Gasteiger partial charge in [-0.25, -0.2) is 0 Å². The van der Waals surface area contributed by atoms with Crippen LogP contribution in [0.4, 0.5) is 0 Å². The van der Waals surface area contributed by atoms with E-state index >= 15 is 0 Å². The smallest absolute Gasteiger partial charge is 0.309 e. The number of rotatable bonds is 8.